The first-order valence-electron chi connectivity index (χ1n) is 10.6. The third kappa shape index (κ3) is 3.87. The van der Waals surface area contributed by atoms with Crippen molar-refractivity contribution >= 4 is 44.6 Å². The highest BCUT2D eigenvalue weighted by Gasteiger charge is 2.21. The lowest BCUT2D eigenvalue weighted by atomic mass is 10.2. The molecule has 8 heteroatoms. The summed E-state index contributed by atoms with van der Waals surface area (Å²) in [6.07, 6.45) is 12.2. The molecule has 0 saturated carbocycles. The first kappa shape index (κ1) is 19.9. The van der Waals surface area contributed by atoms with Crippen molar-refractivity contribution in [3.8, 4) is 0 Å². The van der Waals surface area contributed by atoms with Crippen LogP contribution in [0.2, 0.25) is 0 Å². The van der Waals surface area contributed by atoms with Gasteiger partial charge in [0.15, 0.2) is 0 Å². The second-order valence-electron chi connectivity index (χ2n) is 7.80. The monoisotopic (exact) mass is 478 g/mol. The van der Waals surface area contributed by atoms with E-state index in [1.807, 2.05) is 46.9 Å². The molecule has 0 amide bonds. The first-order chi connectivity index (χ1) is 15.2. The van der Waals surface area contributed by atoms with E-state index < -0.39 is 0 Å². The Morgan fingerprint density at radius 1 is 1.06 bits per heavy atom. The zero-order valence-corrected chi connectivity index (χ0v) is 18.7. The molecule has 7 nitrogen and oxygen atoms in total. The quantitative estimate of drug-likeness (QED) is 0.437. The van der Waals surface area contributed by atoms with Gasteiger partial charge in [0.1, 0.15) is 0 Å². The third-order valence-corrected chi connectivity index (χ3v) is 6.21. The molecule has 4 heterocycles. The molecule has 31 heavy (non-hydrogen) atoms. The lowest BCUT2D eigenvalue weighted by Crippen LogP contribution is -2.28. The molecule has 158 valence electrons. The lowest BCUT2D eigenvalue weighted by Gasteiger charge is -2.20. The summed E-state index contributed by atoms with van der Waals surface area (Å²) in [7, 11) is 0. The number of pyridine rings is 1. The fourth-order valence-corrected chi connectivity index (χ4v) is 4.54. The van der Waals surface area contributed by atoms with Crippen LogP contribution in [0.4, 0.5) is 5.95 Å². The highest BCUT2D eigenvalue weighted by atomic mass is 79.9. The third-order valence-electron chi connectivity index (χ3n) is 5.72. The van der Waals surface area contributed by atoms with Crippen molar-refractivity contribution in [3.63, 3.8) is 0 Å². The fraction of sp³-hybridized carbons (Fsp3) is 0.304. The molecular formula is C23H23BrN6O. The van der Waals surface area contributed by atoms with Crippen LogP contribution in [0.3, 0.4) is 0 Å². The van der Waals surface area contributed by atoms with Gasteiger partial charge in [0.25, 0.3) is 5.56 Å². The number of aromatic nitrogens is 5. The largest absolute Gasteiger partial charge is 0.341 e. The number of benzene rings is 1. The first-order valence-corrected chi connectivity index (χ1v) is 11.4. The topological polar surface area (TPSA) is 68.3 Å². The molecule has 0 unspecified atom stereocenters. The Kier molecular flexibility index (Phi) is 5.55. The van der Waals surface area contributed by atoms with Crippen molar-refractivity contribution in [3.05, 3.63) is 69.2 Å². The average Bonchev–Trinajstić information content (AvgIpc) is 3.04. The summed E-state index contributed by atoms with van der Waals surface area (Å²) in [5.74, 6) is 1.38. The molecule has 1 aliphatic rings. The zero-order chi connectivity index (χ0) is 21.2. The van der Waals surface area contributed by atoms with Gasteiger partial charge in [-0.3, -0.25) is 14.3 Å². The lowest BCUT2D eigenvalue weighted by molar-refractivity contribution is 0.726. The maximum Gasteiger partial charge on any atom is 0.263 e. The molecule has 3 aromatic heterocycles. The van der Waals surface area contributed by atoms with E-state index in [1.54, 1.807) is 17.0 Å². The zero-order valence-electron chi connectivity index (χ0n) is 17.1. The van der Waals surface area contributed by atoms with Crippen molar-refractivity contribution in [2.45, 2.75) is 32.2 Å². The van der Waals surface area contributed by atoms with Gasteiger partial charge in [-0.25, -0.2) is 4.40 Å². The average molecular weight is 479 g/mol. The van der Waals surface area contributed by atoms with Gasteiger partial charge in [-0.05, 0) is 42.7 Å². The minimum absolute atomic E-state index is 0.0746. The van der Waals surface area contributed by atoms with E-state index in [4.69, 9.17) is 0 Å². The number of halogens is 1. The highest BCUT2D eigenvalue weighted by Crippen LogP contribution is 2.24. The summed E-state index contributed by atoms with van der Waals surface area (Å²) in [6.45, 7) is 2.31. The number of fused-ring (bicyclic) bond motifs is 3. The fourth-order valence-electron chi connectivity index (χ4n) is 4.18. The normalized spacial score (nSPS) is 15.2. The highest BCUT2D eigenvalue weighted by molar-refractivity contribution is 9.10. The van der Waals surface area contributed by atoms with Crippen molar-refractivity contribution < 1.29 is 0 Å². The van der Waals surface area contributed by atoms with Gasteiger partial charge in [0.2, 0.25) is 11.7 Å². The Bertz CT molecular complexity index is 1300. The van der Waals surface area contributed by atoms with E-state index in [1.165, 1.54) is 12.8 Å². The predicted molar refractivity (Wildman–Crippen MR) is 126 cm³/mol. The number of allylic oxidation sites excluding steroid dienone is 1. The van der Waals surface area contributed by atoms with Gasteiger partial charge < -0.3 is 4.90 Å². The molecule has 0 N–H and O–H groups in total. The molecule has 5 rings (SSSR count). The Morgan fingerprint density at radius 3 is 2.68 bits per heavy atom. The molecule has 0 radical (unpaired) electrons. The number of hydrogen-bond acceptors (Lipinski definition) is 5. The summed E-state index contributed by atoms with van der Waals surface area (Å²) in [5, 5.41) is 9.64. The molecule has 1 saturated heterocycles. The van der Waals surface area contributed by atoms with E-state index in [-0.39, 0.29) is 5.56 Å². The molecule has 0 bridgehead atoms. The van der Waals surface area contributed by atoms with Gasteiger partial charge in [-0.15, -0.1) is 10.2 Å². The van der Waals surface area contributed by atoms with Crippen LogP contribution in [0.5, 0.6) is 0 Å². The second-order valence-corrected chi connectivity index (χ2v) is 8.72. The van der Waals surface area contributed by atoms with Crippen LogP contribution in [0.1, 0.15) is 31.2 Å². The van der Waals surface area contributed by atoms with E-state index in [2.05, 4.69) is 36.0 Å². The van der Waals surface area contributed by atoms with Crippen molar-refractivity contribution in [2.24, 2.45) is 0 Å². The number of hydrogen-bond donors (Lipinski definition) is 0. The molecule has 0 spiro atoms. The molecule has 1 fully saturated rings. The van der Waals surface area contributed by atoms with Gasteiger partial charge in [-0.2, -0.15) is 0 Å². The van der Waals surface area contributed by atoms with Gasteiger partial charge >= 0.3 is 0 Å². The maximum absolute atomic E-state index is 13.4. The van der Waals surface area contributed by atoms with E-state index in [9.17, 15) is 4.79 Å². The summed E-state index contributed by atoms with van der Waals surface area (Å²) < 4.78 is 4.60. The van der Waals surface area contributed by atoms with Gasteiger partial charge in [-0.1, -0.05) is 47.0 Å². The Labute approximate surface area is 188 Å². The van der Waals surface area contributed by atoms with Crippen LogP contribution in [-0.4, -0.2) is 37.2 Å². The SMILES string of the molecule is O=c1c2cc(Br)ccc2n2c(N3CCCCCC3)nnc2n1CC=Cc1cccnc1. The molecule has 0 aliphatic carbocycles. The summed E-state index contributed by atoms with van der Waals surface area (Å²) in [4.78, 5) is 19.8. The summed E-state index contributed by atoms with van der Waals surface area (Å²) in [5.41, 5.74) is 1.75. The van der Waals surface area contributed by atoms with E-state index in [0.29, 0.717) is 17.7 Å². The predicted octanol–water partition coefficient (Wildman–Crippen LogP) is 4.30. The number of nitrogens with zero attached hydrogens (tertiary/aromatic N) is 6. The van der Waals surface area contributed by atoms with Crippen molar-refractivity contribution in [1.29, 1.82) is 0 Å². The smallest absolute Gasteiger partial charge is 0.263 e. The standard InChI is InChI=1S/C23H23BrN6O/c24-18-9-10-20-19(15-18)21(31)29(14-6-8-17-7-5-11-25-16-17)23-27-26-22(30(20)23)28-12-3-1-2-4-13-28/h5-11,15-16H,1-4,12-14H2. The molecule has 1 aliphatic heterocycles. The molecule has 4 aromatic rings. The number of rotatable bonds is 4. The van der Waals surface area contributed by atoms with Gasteiger partial charge in [0, 0.05) is 36.5 Å². The molecule has 0 atom stereocenters. The van der Waals surface area contributed by atoms with Crippen LogP contribution in [0.15, 0.2) is 58.1 Å². The van der Waals surface area contributed by atoms with Crippen LogP contribution >= 0.6 is 15.9 Å². The number of anilines is 1. The molecule has 1 aromatic carbocycles. The second kappa shape index (κ2) is 8.63. The van der Waals surface area contributed by atoms with E-state index >= 15 is 0 Å². The Balaban J connectivity index is 1.66. The Morgan fingerprint density at radius 2 is 1.90 bits per heavy atom. The maximum atomic E-state index is 13.4. The Hall–Kier alpha value is -3.00. The molecular weight excluding hydrogens is 456 g/mol. The minimum atomic E-state index is -0.0746. The van der Waals surface area contributed by atoms with E-state index in [0.717, 1.165) is 47.4 Å². The van der Waals surface area contributed by atoms with Crippen LogP contribution in [-0.2, 0) is 6.54 Å². The summed E-state index contributed by atoms with van der Waals surface area (Å²) >= 11 is 3.51. The van der Waals surface area contributed by atoms with Crippen molar-refractivity contribution in [1.82, 2.24) is 24.1 Å². The van der Waals surface area contributed by atoms with Crippen molar-refractivity contribution in [2.75, 3.05) is 18.0 Å². The minimum Gasteiger partial charge on any atom is -0.341 e. The summed E-state index contributed by atoms with van der Waals surface area (Å²) in [6, 6.07) is 9.68. The van der Waals surface area contributed by atoms with Crippen LogP contribution in [0, 0.1) is 0 Å². The van der Waals surface area contributed by atoms with Gasteiger partial charge in [0.05, 0.1) is 10.9 Å². The van der Waals surface area contributed by atoms with Crippen LogP contribution < -0.4 is 10.5 Å². The van der Waals surface area contributed by atoms with Crippen LogP contribution in [0.25, 0.3) is 22.8 Å².